The Morgan fingerprint density at radius 2 is 1.53 bits per heavy atom. The molecule has 2 aliphatic heterocycles. The summed E-state index contributed by atoms with van der Waals surface area (Å²) in [5, 5.41) is 0. The SMILES string of the molecule is CC1CN(C(=O)c2cccc(CN3C(=O)C(c4ccccc4)(c4ccccc4)N=C3N)c2)CC(C)O1. The highest BCUT2D eigenvalue weighted by atomic mass is 16.5. The molecule has 184 valence electrons. The number of hydrogen-bond donors (Lipinski definition) is 1. The second kappa shape index (κ2) is 9.59. The summed E-state index contributed by atoms with van der Waals surface area (Å²) in [6.45, 7) is 5.26. The smallest absolute Gasteiger partial charge is 0.266 e. The van der Waals surface area contributed by atoms with Gasteiger partial charge in [-0.3, -0.25) is 14.5 Å². The Hall–Kier alpha value is -3.97. The zero-order valence-corrected chi connectivity index (χ0v) is 20.5. The fourth-order valence-corrected chi connectivity index (χ4v) is 5.15. The average molecular weight is 483 g/mol. The van der Waals surface area contributed by atoms with Crippen LogP contribution in [0.15, 0.2) is 89.9 Å². The maximum atomic E-state index is 14.0. The van der Waals surface area contributed by atoms with E-state index in [1.807, 2.05) is 97.6 Å². The Balaban J connectivity index is 1.44. The number of guanidine groups is 1. The monoisotopic (exact) mass is 482 g/mol. The zero-order chi connectivity index (χ0) is 25.3. The number of ether oxygens (including phenoxy) is 1. The van der Waals surface area contributed by atoms with Gasteiger partial charge in [-0.05, 0) is 42.7 Å². The largest absolute Gasteiger partial charge is 0.372 e. The Labute approximate surface area is 211 Å². The first-order chi connectivity index (χ1) is 17.4. The highest BCUT2D eigenvalue weighted by molar-refractivity contribution is 6.09. The predicted octanol–water partition coefficient (Wildman–Crippen LogP) is 3.54. The van der Waals surface area contributed by atoms with Crippen LogP contribution >= 0.6 is 0 Å². The highest BCUT2D eigenvalue weighted by Gasteiger charge is 2.50. The minimum Gasteiger partial charge on any atom is -0.372 e. The number of aliphatic imine (C=N–C) groups is 1. The van der Waals surface area contributed by atoms with Crippen molar-refractivity contribution < 1.29 is 14.3 Å². The molecule has 36 heavy (non-hydrogen) atoms. The Morgan fingerprint density at radius 3 is 2.11 bits per heavy atom. The third-order valence-corrected chi connectivity index (χ3v) is 6.72. The molecule has 2 amide bonds. The number of carbonyl (C=O) groups is 2. The standard InChI is InChI=1S/C29H30N4O3/c1-20-17-32(18-21(2)36-20)26(34)23-11-9-10-22(16-23)19-33-27(35)29(31-28(33)30,24-12-5-3-6-13-24)25-14-7-4-8-15-25/h3-16,20-21H,17-19H2,1-2H3,(H2,30,31). The van der Waals surface area contributed by atoms with Gasteiger partial charge in [0, 0.05) is 18.7 Å². The van der Waals surface area contributed by atoms with Gasteiger partial charge in [-0.15, -0.1) is 0 Å². The fourth-order valence-electron chi connectivity index (χ4n) is 5.15. The number of carbonyl (C=O) groups excluding carboxylic acids is 2. The van der Waals surface area contributed by atoms with Crippen molar-refractivity contribution in [3.63, 3.8) is 0 Å². The molecule has 0 saturated carbocycles. The molecule has 0 radical (unpaired) electrons. The van der Waals surface area contributed by atoms with Crippen LogP contribution in [-0.4, -0.2) is 52.9 Å². The Kier molecular flexibility index (Phi) is 6.33. The van der Waals surface area contributed by atoms with E-state index in [1.54, 1.807) is 6.07 Å². The van der Waals surface area contributed by atoms with Crippen molar-refractivity contribution in [2.24, 2.45) is 10.7 Å². The lowest BCUT2D eigenvalue weighted by Gasteiger charge is -2.35. The summed E-state index contributed by atoms with van der Waals surface area (Å²) in [4.78, 5) is 35.3. The summed E-state index contributed by atoms with van der Waals surface area (Å²) in [5.74, 6) is -0.110. The lowest BCUT2D eigenvalue weighted by Crippen LogP contribution is -2.48. The summed E-state index contributed by atoms with van der Waals surface area (Å²) in [5.41, 5.74) is 8.02. The predicted molar refractivity (Wildman–Crippen MR) is 138 cm³/mol. The molecule has 2 N–H and O–H groups in total. The molecule has 2 unspecified atom stereocenters. The molecule has 0 bridgehead atoms. The molecule has 3 aromatic rings. The van der Waals surface area contributed by atoms with E-state index in [-0.39, 0.29) is 36.5 Å². The van der Waals surface area contributed by atoms with Gasteiger partial charge in [0.15, 0.2) is 11.5 Å². The van der Waals surface area contributed by atoms with Crippen LogP contribution < -0.4 is 5.73 Å². The molecule has 5 rings (SSSR count). The van der Waals surface area contributed by atoms with E-state index in [0.717, 1.165) is 16.7 Å². The summed E-state index contributed by atoms with van der Waals surface area (Å²) in [6, 6.07) is 26.3. The van der Waals surface area contributed by atoms with Crippen molar-refractivity contribution in [2.75, 3.05) is 13.1 Å². The first-order valence-corrected chi connectivity index (χ1v) is 12.2. The minimum atomic E-state index is -1.25. The lowest BCUT2D eigenvalue weighted by atomic mass is 9.83. The molecule has 2 heterocycles. The van der Waals surface area contributed by atoms with Crippen LogP contribution in [0.4, 0.5) is 0 Å². The summed E-state index contributed by atoms with van der Waals surface area (Å²) >= 11 is 0. The molecule has 0 spiro atoms. The summed E-state index contributed by atoms with van der Waals surface area (Å²) in [6.07, 6.45) is -0.0218. The van der Waals surface area contributed by atoms with E-state index in [0.29, 0.717) is 18.7 Å². The van der Waals surface area contributed by atoms with Crippen LogP contribution in [0.3, 0.4) is 0 Å². The molecular weight excluding hydrogens is 452 g/mol. The normalized spacial score (nSPS) is 21.4. The van der Waals surface area contributed by atoms with Crippen LogP contribution in [0.25, 0.3) is 0 Å². The van der Waals surface area contributed by atoms with Crippen molar-refractivity contribution in [2.45, 2.75) is 38.1 Å². The van der Waals surface area contributed by atoms with Gasteiger partial charge in [-0.25, -0.2) is 4.99 Å². The molecule has 2 atom stereocenters. The molecule has 3 aromatic carbocycles. The van der Waals surface area contributed by atoms with Gasteiger partial charge in [0.05, 0.1) is 18.8 Å². The number of amides is 2. The maximum absolute atomic E-state index is 14.0. The highest BCUT2D eigenvalue weighted by Crippen LogP contribution is 2.40. The van der Waals surface area contributed by atoms with E-state index in [9.17, 15) is 9.59 Å². The Morgan fingerprint density at radius 1 is 0.944 bits per heavy atom. The topological polar surface area (TPSA) is 88.2 Å². The van der Waals surface area contributed by atoms with E-state index in [1.165, 1.54) is 4.90 Å². The first-order valence-electron chi connectivity index (χ1n) is 12.2. The van der Waals surface area contributed by atoms with Gasteiger partial charge >= 0.3 is 0 Å². The third kappa shape index (κ3) is 4.27. The number of hydrogen-bond acceptors (Lipinski definition) is 5. The van der Waals surface area contributed by atoms with Gasteiger partial charge < -0.3 is 15.4 Å². The van der Waals surface area contributed by atoms with Crippen LogP contribution in [0.5, 0.6) is 0 Å². The van der Waals surface area contributed by atoms with Crippen LogP contribution in [0.1, 0.15) is 40.9 Å². The van der Waals surface area contributed by atoms with E-state index in [4.69, 9.17) is 15.5 Å². The molecule has 0 aromatic heterocycles. The molecule has 1 fully saturated rings. The second-order valence-electron chi connectivity index (χ2n) is 9.47. The number of benzene rings is 3. The fraction of sp³-hybridized carbons (Fsp3) is 0.276. The number of nitrogens with zero attached hydrogens (tertiary/aromatic N) is 3. The van der Waals surface area contributed by atoms with Gasteiger partial charge in [0.2, 0.25) is 0 Å². The molecule has 7 nitrogen and oxygen atoms in total. The number of morpholine rings is 1. The van der Waals surface area contributed by atoms with Gasteiger partial charge in [0.25, 0.3) is 11.8 Å². The molecule has 0 aliphatic carbocycles. The average Bonchev–Trinajstić information content (AvgIpc) is 3.14. The van der Waals surface area contributed by atoms with E-state index in [2.05, 4.69) is 0 Å². The number of rotatable bonds is 5. The zero-order valence-electron chi connectivity index (χ0n) is 20.5. The number of nitrogens with two attached hydrogens (primary N) is 1. The summed E-state index contributed by atoms with van der Waals surface area (Å²) in [7, 11) is 0. The lowest BCUT2D eigenvalue weighted by molar-refractivity contribution is -0.130. The van der Waals surface area contributed by atoms with Gasteiger partial charge in [0.1, 0.15) is 0 Å². The molecular formula is C29H30N4O3. The van der Waals surface area contributed by atoms with E-state index >= 15 is 0 Å². The third-order valence-electron chi connectivity index (χ3n) is 6.72. The maximum Gasteiger partial charge on any atom is 0.266 e. The quantitative estimate of drug-likeness (QED) is 0.603. The summed E-state index contributed by atoms with van der Waals surface area (Å²) < 4.78 is 5.77. The van der Waals surface area contributed by atoms with Gasteiger partial charge in [-0.2, -0.15) is 0 Å². The van der Waals surface area contributed by atoms with Gasteiger partial charge in [-0.1, -0.05) is 72.8 Å². The second-order valence-corrected chi connectivity index (χ2v) is 9.47. The van der Waals surface area contributed by atoms with E-state index < -0.39 is 5.54 Å². The molecule has 1 saturated heterocycles. The van der Waals surface area contributed by atoms with Crippen molar-refractivity contribution in [3.8, 4) is 0 Å². The minimum absolute atomic E-state index is 0.0109. The molecule has 7 heteroatoms. The van der Waals surface area contributed by atoms with Crippen LogP contribution in [0, 0.1) is 0 Å². The first kappa shape index (κ1) is 23.8. The van der Waals surface area contributed by atoms with Crippen molar-refractivity contribution in [3.05, 3.63) is 107 Å². The van der Waals surface area contributed by atoms with Crippen molar-refractivity contribution in [1.82, 2.24) is 9.80 Å². The Bertz CT molecular complexity index is 1240. The van der Waals surface area contributed by atoms with Crippen molar-refractivity contribution >= 4 is 17.8 Å². The van der Waals surface area contributed by atoms with Crippen LogP contribution in [0.2, 0.25) is 0 Å². The van der Waals surface area contributed by atoms with Crippen molar-refractivity contribution in [1.29, 1.82) is 0 Å². The molecule has 2 aliphatic rings. The van der Waals surface area contributed by atoms with Crippen LogP contribution in [-0.2, 0) is 21.6 Å².